The molecule has 0 atom stereocenters. The van der Waals surface area contributed by atoms with Crippen LogP contribution in [0.15, 0.2) is 24.3 Å². The van der Waals surface area contributed by atoms with Gasteiger partial charge in [0.15, 0.2) is 5.13 Å². The maximum atomic E-state index is 4.75. The van der Waals surface area contributed by atoms with Gasteiger partial charge in [-0.1, -0.05) is 29.5 Å². The zero-order valence-corrected chi connectivity index (χ0v) is 11.1. The number of aromatic nitrogens is 1. The molecular weight excluding hydrogens is 240 g/mol. The molecule has 1 aliphatic rings. The monoisotopic (exact) mass is 254 g/mol. The molecule has 1 aliphatic carbocycles. The summed E-state index contributed by atoms with van der Waals surface area (Å²) < 4.78 is 1.31. The lowest BCUT2D eigenvalue weighted by atomic mass is 10.0. The highest BCUT2D eigenvalue weighted by Gasteiger charge is 2.18. The third-order valence-corrected chi connectivity index (χ3v) is 4.64. The minimum absolute atomic E-state index is 0.926. The molecule has 0 spiro atoms. The van der Waals surface area contributed by atoms with Crippen molar-refractivity contribution in [2.75, 3.05) is 11.9 Å². The summed E-state index contributed by atoms with van der Waals surface area (Å²) in [4.78, 5) is 4.75. The van der Waals surface area contributed by atoms with E-state index < -0.39 is 0 Å². The smallest absolute Gasteiger partial charge is 0.183 e. The molecule has 0 fully saturated rings. The van der Waals surface area contributed by atoms with E-state index in [0.717, 1.165) is 11.7 Å². The van der Waals surface area contributed by atoms with E-state index in [0.29, 0.717) is 0 Å². The fraction of sp³-hybridized carbons (Fsp3) is 0.267. The normalized spacial score (nSPS) is 13.6. The Bertz CT molecular complexity index is 758. The van der Waals surface area contributed by atoms with Crippen molar-refractivity contribution >= 4 is 37.5 Å². The molecule has 0 saturated carbocycles. The van der Waals surface area contributed by atoms with Crippen LogP contribution in [0, 0.1) is 0 Å². The van der Waals surface area contributed by atoms with Crippen molar-refractivity contribution in [1.82, 2.24) is 4.98 Å². The molecule has 0 radical (unpaired) electrons. The molecular formula is C15H14N2S. The Morgan fingerprint density at radius 1 is 1.28 bits per heavy atom. The van der Waals surface area contributed by atoms with Gasteiger partial charge in [0.2, 0.25) is 0 Å². The van der Waals surface area contributed by atoms with E-state index >= 15 is 0 Å². The third-order valence-electron chi connectivity index (χ3n) is 3.68. The van der Waals surface area contributed by atoms with Crippen LogP contribution in [-0.4, -0.2) is 11.5 Å². The van der Waals surface area contributed by atoms with E-state index in [2.05, 4.69) is 36.5 Å². The van der Waals surface area contributed by atoms with Gasteiger partial charge >= 0.3 is 0 Å². The first-order chi connectivity index (χ1) is 8.86. The first-order valence-corrected chi connectivity index (χ1v) is 7.26. The van der Waals surface area contributed by atoms with Crippen LogP contribution in [0.5, 0.6) is 0 Å². The van der Waals surface area contributed by atoms with Crippen LogP contribution in [-0.2, 0) is 12.8 Å². The molecule has 2 aromatic carbocycles. The number of hydrogen-bond donors (Lipinski definition) is 1. The van der Waals surface area contributed by atoms with Crippen molar-refractivity contribution in [3.63, 3.8) is 0 Å². The summed E-state index contributed by atoms with van der Waals surface area (Å²) in [5.41, 5.74) is 4.15. The number of thiazole rings is 1. The van der Waals surface area contributed by atoms with Gasteiger partial charge in [-0.05, 0) is 42.3 Å². The molecule has 3 heteroatoms. The number of benzene rings is 2. The zero-order chi connectivity index (χ0) is 12.1. The van der Waals surface area contributed by atoms with Crippen LogP contribution >= 0.6 is 11.3 Å². The third kappa shape index (κ3) is 1.31. The van der Waals surface area contributed by atoms with E-state index in [9.17, 15) is 0 Å². The maximum Gasteiger partial charge on any atom is 0.183 e. The van der Waals surface area contributed by atoms with Gasteiger partial charge in [-0.3, -0.25) is 0 Å². The number of nitrogens with zero attached hydrogens (tertiary/aromatic N) is 1. The lowest BCUT2D eigenvalue weighted by Crippen LogP contribution is -1.94. The quantitative estimate of drug-likeness (QED) is 0.748. The Balaban J connectivity index is 2.12. The van der Waals surface area contributed by atoms with Crippen molar-refractivity contribution in [3.05, 3.63) is 35.4 Å². The van der Waals surface area contributed by atoms with E-state index in [-0.39, 0.29) is 0 Å². The van der Waals surface area contributed by atoms with E-state index in [1.165, 1.54) is 45.0 Å². The van der Waals surface area contributed by atoms with E-state index in [1.807, 2.05) is 0 Å². The summed E-state index contributed by atoms with van der Waals surface area (Å²) in [5, 5.41) is 7.15. The minimum atomic E-state index is 0.926. The summed E-state index contributed by atoms with van der Waals surface area (Å²) in [6, 6.07) is 8.97. The fourth-order valence-corrected chi connectivity index (χ4v) is 3.95. The van der Waals surface area contributed by atoms with Crippen LogP contribution in [0.4, 0.5) is 5.13 Å². The van der Waals surface area contributed by atoms with Crippen LogP contribution in [0.25, 0.3) is 21.0 Å². The standard InChI is InChI=1S/C15H14N2S/c1-2-16-15-17-14-11-5-3-4-9-6-7-10(13(9)11)8-12(14)18-15/h3-5,8H,2,6-7H2,1H3,(H,16,17). The molecule has 2 nitrogen and oxygen atoms in total. The predicted octanol–water partition coefficient (Wildman–Crippen LogP) is 3.98. The van der Waals surface area contributed by atoms with Crippen molar-refractivity contribution in [2.45, 2.75) is 19.8 Å². The second kappa shape index (κ2) is 3.69. The molecule has 0 amide bonds. The Morgan fingerprint density at radius 3 is 3.06 bits per heavy atom. The molecule has 4 rings (SSSR count). The van der Waals surface area contributed by atoms with Crippen molar-refractivity contribution < 1.29 is 0 Å². The molecule has 0 unspecified atom stereocenters. The fourth-order valence-electron chi connectivity index (χ4n) is 2.93. The van der Waals surface area contributed by atoms with Gasteiger partial charge in [0, 0.05) is 11.9 Å². The summed E-state index contributed by atoms with van der Waals surface area (Å²) in [5.74, 6) is 0. The first-order valence-electron chi connectivity index (χ1n) is 6.44. The topological polar surface area (TPSA) is 24.9 Å². The number of anilines is 1. The van der Waals surface area contributed by atoms with Gasteiger partial charge in [0.25, 0.3) is 0 Å². The maximum absolute atomic E-state index is 4.75. The highest BCUT2D eigenvalue weighted by molar-refractivity contribution is 7.22. The molecule has 1 N–H and O–H groups in total. The van der Waals surface area contributed by atoms with Crippen LogP contribution in [0.2, 0.25) is 0 Å². The Labute approximate surface area is 110 Å². The van der Waals surface area contributed by atoms with E-state index in [4.69, 9.17) is 4.98 Å². The molecule has 1 aromatic heterocycles. The van der Waals surface area contributed by atoms with Gasteiger partial charge in [-0.15, -0.1) is 0 Å². The Kier molecular flexibility index (Phi) is 2.12. The summed E-state index contributed by atoms with van der Waals surface area (Å²) in [6.07, 6.45) is 2.37. The minimum Gasteiger partial charge on any atom is -0.362 e. The molecule has 3 aromatic rings. The number of fused-ring (bicyclic) bond motifs is 2. The Morgan fingerprint density at radius 2 is 2.17 bits per heavy atom. The second-order valence-corrected chi connectivity index (χ2v) is 5.80. The number of nitrogens with one attached hydrogen (secondary N) is 1. The van der Waals surface area contributed by atoms with Gasteiger partial charge < -0.3 is 5.32 Å². The van der Waals surface area contributed by atoms with Gasteiger partial charge in [-0.2, -0.15) is 0 Å². The van der Waals surface area contributed by atoms with Crippen LogP contribution in [0.1, 0.15) is 18.1 Å². The van der Waals surface area contributed by atoms with Crippen LogP contribution < -0.4 is 5.32 Å². The number of aryl methyl sites for hydroxylation is 2. The second-order valence-electron chi connectivity index (χ2n) is 4.77. The lowest BCUT2D eigenvalue weighted by molar-refractivity contribution is 1.03. The van der Waals surface area contributed by atoms with Gasteiger partial charge in [-0.25, -0.2) is 4.98 Å². The van der Waals surface area contributed by atoms with Gasteiger partial charge in [0.1, 0.15) is 0 Å². The predicted molar refractivity (Wildman–Crippen MR) is 78.7 cm³/mol. The average Bonchev–Trinajstić information content (AvgIpc) is 2.96. The number of rotatable bonds is 2. The van der Waals surface area contributed by atoms with Crippen molar-refractivity contribution in [3.8, 4) is 0 Å². The summed E-state index contributed by atoms with van der Waals surface area (Å²) >= 11 is 1.77. The van der Waals surface area contributed by atoms with Gasteiger partial charge in [0.05, 0.1) is 10.2 Å². The largest absolute Gasteiger partial charge is 0.362 e. The molecule has 0 bridgehead atoms. The van der Waals surface area contributed by atoms with Crippen LogP contribution in [0.3, 0.4) is 0 Å². The highest BCUT2D eigenvalue weighted by Crippen LogP contribution is 2.38. The molecule has 0 aliphatic heterocycles. The first kappa shape index (κ1) is 10.3. The molecule has 0 saturated heterocycles. The average molecular weight is 254 g/mol. The molecule has 1 heterocycles. The SMILES string of the molecule is CCNc1nc2c(cc3c4c(cccc42)CC3)s1. The summed E-state index contributed by atoms with van der Waals surface area (Å²) in [6.45, 7) is 3.03. The zero-order valence-electron chi connectivity index (χ0n) is 10.3. The van der Waals surface area contributed by atoms with Crippen molar-refractivity contribution in [1.29, 1.82) is 0 Å². The van der Waals surface area contributed by atoms with E-state index in [1.54, 1.807) is 11.3 Å². The molecule has 90 valence electrons. The van der Waals surface area contributed by atoms with Crippen molar-refractivity contribution in [2.24, 2.45) is 0 Å². The molecule has 18 heavy (non-hydrogen) atoms. The Hall–Kier alpha value is -1.61. The highest BCUT2D eigenvalue weighted by atomic mass is 32.1. The lowest BCUT2D eigenvalue weighted by Gasteiger charge is -2.02. The summed E-state index contributed by atoms with van der Waals surface area (Å²) in [7, 11) is 0. The number of hydrogen-bond acceptors (Lipinski definition) is 3.